The lowest BCUT2D eigenvalue weighted by Crippen LogP contribution is -2.21. The molecule has 0 spiro atoms. The molecule has 0 aliphatic rings. The molecular weight excluding hydrogens is 338 g/mol. The largest absolute Gasteiger partial charge is 0.300 e. The zero-order valence-electron chi connectivity index (χ0n) is 12.5. The smallest absolute Gasteiger partial charge is 0.229 e. The van der Waals surface area contributed by atoms with Gasteiger partial charge < -0.3 is 5.32 Å². The van der Waals surface area contributed by atoms with E-state index in [4.69, 9.17) is 11.6 Å². The Bertz CT molecular complexity index is 629. The number of nitrogens with zero attached hydrogens (tertiary/aromatic N) is 2. The third-order valence-corrected chi connectivity index (χ3v) is 5.69. The molecular formula is C15H18ClN3OS2. The lowest BCUT2D eigenvalue weighted by atomic mass is 10.0. The Labute approximate surface area is 143 Å². The van der Waals surface area contributed by atoms with Gasteiger partial charge >= 0.3 is 0 Å². The monoisotopic (exact) mass is 355 g/mol. The Hall–Kier alpha value is -1.11. The van der Waals surface area contributed by atoms with Crippen LogP contribution in [-0.4, -0.2) is 16.1 Å². The maximum absolute atomic E-state index is 12.0. The highest BCUT2D eigenvalue weighted by Gasteiger charge is 2.16. The predicted molar refractivity (Wildman–Crippen MR) is 93.6 cm³/mol. The molecule has 22 heavy (non-hydrogen) atoms. The number of rotatable bonds is 7. The summed E-state index contributed by atoms with van der Waals surface area (Å²) in [4.78, 5) is 12.0. The second kappa shape index (κ2) is 8.50. The summed E-state index contributed by atoms with van der Waals surface area (Å²) in [5, 5.41) is 12.3. The number of anilines is 1. The lowest BCUT2D eigenvalue weighted by Gasteiger charge is -2.09. The van der Waals surface area contributed by atoms with E-state index in [1.807, 2.05) is 38.1 Å². The van der Waals surface area contributed by atoms with Crippen LogP contribution < -0.4 is 5.32 Å². The molecule has 2 rings (SSSR count). The van der Waals surface area contributed by atoms with Crippen LogP contribution in [0, 0.1) is 5.92 Å². The third-order valence-electron chi connectivity index (χ3n) is 3.30. The lowest BCUT2D eigenvalue weighted by molar-refractivity contribution is -0.120. The highest BCUT2D eigenvalue weighted by Crippen LogP contribution is 2.30. The predicted octanol–water partition coefficient (Wildman–Crippen LogP) is 4.86. The first-order chi connectivity index (χ1) is 10.6. The van der Waals surface area contributed by atoms with Gasteiger partial charge in [-0.05, 0) is 24.5 Å². The van der Waals surface area contributed by atoms with Gasteiger partial charge in [0.1, 0.15) is 0 Å². The molecule has 0 bridgehead atoms. The van der Waals surface area contributed by atoms with Gasteiger partial charge in [0, 0.05) is 16.7 Å². The van der Waals surface area contributed by atoms with Gasteiger partial charge in [-0.3, -0.25) is 4.79 Å². The number of halogens is 1. The van der Waals surface area contributed by atoms with Gasteiger partial charge in [-0.2, -0.15) is 0 Å². The van der Waals surface area contributed by atoms with Crippen LogP contribution in [0.25, 0.3) is 0 Å². The number of hydrogen-bond donors (Lipinski definition) is 1. The fourth-order valence-corrected chi connectivity index (χ4v) is 3.98. The number of carbonyl (C=O) groups is 1. The first kappa shape index (κ1) is 17.2. The molecule has 0 saturated heterocycles. The molecule has 118 valence electrons. The summed E-state index contributed by atoms with van der Waals surface area (Å²) in [6, 6.07) is 7.74. The van der Waals surface area contributed by atoms with Crippen LogP contribution in [0.5, 0.6) is 0 Å². The van der Waals surface area contributed by atoms with Crippen LogP contribution in [0.3, 0.4) is 0 Å². The van der Waals surface area contributed by atoms with Gasteiger partial charge in [0.15, 0.2) is 4.34 Å². The second-order valence-electron chi connectivity index (χ2n) is 4.76. The minimum absolute atomic E-state index is 0.0174. The molecule has 4 nitrogen and oxygen atoms in total. The van der Waals surface area contributed by atoms with Crippen molar-refractivity contribution in [3.8, 4) is 0 Å². The average Bonchev–Trinajstić information content (AvgIpc) is 2.95. The van der Waals surface area contributed by atoms with Crippen molar-refractivity contribution < 1.29 is 4.79 Å². The van der Waals surface area contributed by atoms with E-state index < -0.39 is 0 Å². The van der Waals surface area contributed by atoms with Crippen molar-refractivity contribution in [2.45, 2.75) is 36.8 Å². The van der Waals surface area contributed by atoms with E-state index >= 15 is 0 Å². The molecule has 0 aliphatic heterocycles. The molecule has 0 fully saturated rings. The first-order valence-corrected chi connectivity index (χ1v) is 9.32. The molecule has 1 N–H and O–H groups in total. The summed E-state index contributed by atoms with van der Waals surface area (Å²) in [6.45, 7) is 4.03. The molecule has 7 heteroatoms. The topological polar surface area (TPSA) is 54.9 Å². The Morgan fingerprint density at radius 2 is 2.05 bits per heavy atom. The van der Waals surface area contributed by atoms with E-state index in [1.165, 1.54) is 11.3 Å². The molecule has 1 aromatic carbocycles. The van der Waals surface area contributed by atoms with Crippen LogP contribution >= 0.6 is 34.7 Å². The van der Waals surface area contributed by atoms with E-state index in [-0.39, 0.29) is 11.8 Å². The van der Waals surface area contributed by atoms with Crippen molar-refractivity contribution in [1.29, 1.82) is 0 Å². The van der Waals surface area contributed by atoms with Gasteiger partial charge in [-0.1, -0.05) is 66.7 Å². The number of amides is 1. The van der Waals surface area contributed by atoms with E-state index in [1.54, 1.807) is 11.8 Å². The number of aromatic nitrogens is 2. The summed E-state index contributed by atoms with van der Waals surface area (Å²) >= 11 is 9.08. The van der Waals surface area contributed by atoms with Crippen LogP contribution in [0.2, 0.25) is 5.02 Å². The highest BCUT2D eigenvalue weighted by atomic mass is 35.5. The van der Waals surface area contributed by atoms with Crippen LogP contribution in [0.1, 0.15) is 32.3 Å². The minimum atomic E-state index is 0.0174. The van der Waals surface area contributed by atoms with Crippen molar-refractivity contribution in [3.63, 3.8) is 0 Å². The van der Waals surface area contributed by atoms with E-state index in [0.29, 0.717) is 5.13 Å². The molecule has 1 heterocycles. The zero-order chi connectivity index (χ0) is 15.9. The van der Waals surface area contributed by atoms with Crippen LogP contribution in [0.15, 0.2) is 28.6 Å². The van der Waals surface area contributed by atoms with Gasteiger partial charge in [-0.25, -0.2) is 0 Å². The summed E-state index contributed by atoms with van der Waals surface area (Å²) < 4.78 is 0.819. The van der Waals surface area contributed by atoms with E-state index in [2.05, 4.69) is 15.5 Å². The third kappa shape index (κ3) is 4.69. The first-order valence-electron chi connectivity index (χ1n) is 7.14. The van der Waals surface area contributed by atoms with Crippen LogP contribution in [-0.2, 0) is 10.5 Å². The number of hydrogen-bond acceptors (Lipinski definition) is 5. The highest BCUT2D eigenvalue weighted by molar-refractivity contribution is 8.00. The van der Waals surface area contributed by atoms with Crippen LogP contribution in [0.4, 0.5) is 5.13 Å². The quantitative estimate of drug-likeness (QED) is 0.569. The molecule has 0 unspecified atom stereocenters. The van der Waals surface area contributed by atoms with E-state index in [0.717, 1.165) is 33.5 Å². The number of carbonyl (C=O) groups excluding carboxylic acids is 1. The van der Waals surface area contributed by atoms with Crippen molar-refractivity contribution in [2.24, 2.45) is 5.92 Å². The number of benzene rings is 1. The molecule has 0 saturated carbocycles. The summed E-state index contributed by atoms with van der Waals surface area (Å²) in [5.41, 5.74) is 1.06. The van der Waals surface area contributed by atoms with Gasteiger partial charge in [0.2, 0.25) is 11.0 Å². The zero-order valence-corrected chi connectivity index (χ0v) is 14.9. The van der Waals surface area contributed by atoms with Gasteiger partial charge in [0.05, 0.1) is 0 Å². The van der Waals surface area contributed by atoms with Crippen molar-refractivity contribution in [3.05, 3.63) is 34.9 Å². The molecule has 0 aliphatic carbocycles. The maximum Gasteiger partial charge on any atom is 0.229 e. The SMILES string of the molecule is CCC(CC)C(=O)Nc1nnc(SCc2ccccc2Cl)s1. The minimum Gasteiger partial charge on any atom is -0.300 e. The summed E-state index contributed by atoms with van der Waals surface area (Å²) in [7, 11) is 0. The maximum atomic E-state index is 12.0. The summed E-state index contributed by atoms with van der Waals surface area (Å²) in [6.07, 6.45) is 1.66. The van der Waals surface area contributed by atoms with Crippen molar-refractivity contribution in [1.82, 2.24) is 10.2 Å². The average molecular weight is 356 g/mol. The molecule has 1 amide bonds. The normalized spacial score (nSPS) is 10.9. The van der Waals surface area contributed by atoms with Gasteiger partial charge in [-0.15, -0.1) is 10.2 Å². The number of thioether (sulfide) groups is 1. The fourth-order valence-electron chi connectivity index (χ4n) is 1.94. The molecule has 2 aromatic rings. The Kier molecular flexibility index (Phi) is 6.67. The van der Waals surface area contributed by atoms with Crippen molar-refractivity contribution >= 4 is 45.7 Å². The number of nitrogens with one attached hydrogen (secondary N) is 1. The standard InChI is InChI=1S/C15H18ClN3OS2/c1-3-10(4-2)13(20)17-14-18-19-15(22-14)21-9-11-7-5-6-8-12(11)16/h5-8,10H,3-4,9H2,1-2H3,(H,17,18,20). The molecule has 0 radical (unpaired) electrons. The Morgan fingerprint density at radius 1 is 1.32 bits per heavy atom. The molecule has 1 aromatic heterocycles. The summed E-state index contributed by atoms with van der Waals surface area (Å²) in [5.74, 6) is 0.779. The Morgan fingerprint density at radius 3 is 2.73 bits per heavy atom. The molecule has 0 atom stereocenters. The van der Waals surface area contributed by atoms with Gasteiger partial charge in [0.25, 0.3) is 0 Å². The second-order valence-corrected chi connectivity index (χ2v) is 7.36. The Balaban J connectivity index is 1.92. The fraction of sp³-hybridized carbons (Fsp3) is 0.400. The van der Waals surface area contributed by atoms with E-state index in [9.17, 15) is 4.79 Å². The van der Waals surface area contributed by atoms with Crippen molar-refractivity contribution in [2.75, 3.05) is 5.32 Å².